The van der Waals surface area contributed by atoms with Crippen molar-refractivity contribution in [3.05, 3.63) is 35.4 Å². The summed E-state index contributed by atoms with van der Waals surface area (Å²) in [7, 11) is -3.05. The standard InChI is InChI=1S/C15H24N2O2S/c1-13-3-5-15(6-4-13)12-17-9-7-14(8-10-17)11-16-20(2,18)19/h3-6,14,16H,7-12H2,1-2H3. The molecule has 1 fully saturated rings. The second kappa shape index (κ2) is 6.70. The predicted octanol–water partition coefficient (Wildman–Crippen LogP) is 1.76. The summed E-state index contributed by atoms with van der Waals surface area (Å²) in [5, 5.41) is 0. The third kappa shape index (κ3) is 5.23. The van der Waals surface area contributed by atoms with Gasteiger partial charge in [-0.25, -0.2) is 13.1 Å². The first kappa shape index (κ1) is 15.5. The van der Waals surface area contributed by atoms with E-state index in [1.165, 1.54) is 17.4 Å². The molecule has 0 radical (unpaired) electrons. The summed E-state index contributed by atoms with van der Waals surface area (Å²) in [6.07, 6.45) is 3.35. The first-order chi connectivity index (χ1) is 9.42. The van der Waals surface area contributed by atoms with Gasteiger partial charge in [0, 0.05) is 13.1 Å². The number of nitrogens with one attached hydrogen (secondary N) is 1. The zero-order valence-corrected chi connectivity index (χ0v) is 13.1. The van der Waals surface area contributed by atoms with Crippen LogP contribution in [-0.4, -0.2) is 39.2 Å². The zero-order chi connectivity index (χ0) is 14.6. The first-order valence-corrected chi connectivity index (χ1v) is 9.04. The maximum atomic E-state index is 11.1. The van der Waals surface area contributed by atoms with Crippen LogP contribution in [0.5, 0.6) is 0 Å². The lowest BCUT2D eigenvalue weighted by Gasteiger charge is -2.31. The molecule has 2 rings (SSSR count). The predicted molar refractivity (Wildman–Crippen MR) is 82.0 cm³/mol. The quantitative estimate of drug-likeness (QED) is 0.900. The van der Waals surface area contributed by atoms with Gasteiger partial charge >= 0.3 is 0 Å². The van der Waals surface area contributed by atoms with Gasteiger partial charge in [0.25, 0.3) is 0 Å². The Morgan fingerprint density at radius 1 is 1.20 bits per heavy atom. The molecule has 112 valence electrons. The largest absolute Gasteiger partial charge is 0.299 e. The van der Waals surface area contributed by atoms with Gasteiger partial charge in [0.05, 0.1) is 6.26 Å². The van der Waals surface area contributed by atoms with Crippen molar-refractivity contribution in [2.45, 2.75) is 26.3 Å². The van der Waals surface area contributed by atoms with Crippen molar-refractivity contribution in [3.63, 3.8) is 0 Å². The van der Waals surface area contributed by atoms with E-state index in [9.17, 15) is 8.42 Å². The van der Waals surface area contributed by atoms with E-state index in [0.717, 1.165) is 32.5 Å². The molecule has 1 saturated heterocycles. The van der Waals surface area contributed by atoms with Gasteiger partial charge in [-0.05, 0) is 44.3 Å². The summed E-state index contributed by atoms with van der Waals surface area (Å²) in [5.74, 6) is 0.471. The van der Waals surface area contributed by atoms with E-state index in [0.29, 0.717) is 12.5 Å². The van der Waals surface area contributed by atoms with Crippen LogP contribution < -0.4 is 4.72 Å². The maximum absolute atomic E-state index is 11.1. The van der Waals surface area contributed by atoms with Crippen LogP contribution in [0.3, 0.4) is 0 Å². The van der Waals surface area contributed by atoms with Crippen molar-refractivity contribution >= 4 is 10.0 Å². The number of hydrogen-bond acceptors (Lipinski definition) is 3. The monoisotopic (exact) mass is 296 g/mol. The molecule has 1 aliphatic heterocycles. The molecule has 0 saturated carbocycles. The summed E-state index contributed by atoms with van der Waals surface area (Å²) in [6.45, 7) is 5.77. The molecule has 0 aromatic heterocycles. The third-order valence-electron chi connectivity index (χ3n) is 3.87. The van der Waals surface area contributed by atoms with Gasteiger partial charge in [-0.1, -0.05) is 29.8 Å². The van der Waals surface area contributed by atoms with Crippen molar-refractivity contribution in [1.82, 2.24) is 9.62 Å². The van der Waals surface area contributed by atoms with Gasteiger partial charge in [-0.15, -0.1) is 0 Å². The van der Waals surface area contributed by atoms with Crippen molar-refractivity contribution in [2.75, 3.05) is 25.9 Å². The van der Waals surface area contributed by atoms with E-state index < -0.39 is 10.0 Å². The molecule has 0 atom stereocenters. The number of likely N-dealkylation sites (tertiary alicyclic amines) is 1. The van der Waals surface area contributed by atoms with Gasteiger partial charge in [0.15, 0.2) is 0 Å². The Bertz CT molecular complexity index is 517. The Morgan fingerprint density at radius 3 is 2.35 bits per heavy atom. The Labute approximate surface area is 122 Å². The number of piperidine rings is 1. The molecule has 1 aromatic rings. The number of hydrogen-bond donors (Lipinski definition) is 1. The number of sulfonamides is 1. The fourth-order valence-corrected chi connectivity index (χ4v) is 3.11. The molecule has 1 aromatic carbocycles. The van der Waals surface area contributed by atoms with Crippen molar-refractivity contribution in [3.8, 4) is 0 Å². The molecule has 0 unspecified atom stereocenters. The minimum absolute atomic E-state index is 0.471. The topological polar surface area (TPSA) is 49.4 Å². The highest BCUT2D eigenvalue weighted by Gasteiger charge is 2.19. The van der Waals surface area contributed by atoms with Crippen molar-refractivity contribution in [2.24, 2.45) is 5.92 Å². The van der Waals surface area contributed by atoms with Gasteiger partial charge in [0.2, 0.25) is 10.0 Å². The Kier molecular flexibility index (Phi) is 5.18. The SMILES string of the molecule is Cc1ccc(CN2CCC(CNS(C)(=O)=O)CC2)cc1. The zero-order valence-electron chi connectivity index (χ0n) is 12.3. The second-order valence-electron chi connectivity index (χ2n) is 5.83. The van der Waals surface area contributed by atoms with E-state index in [-0.39, 0.29) is 0 Å². The molecular formula is C15H24N2O2S. The van der Waals surface area contributed by atoms with Crippen molar-refractivity contribution in [1.29, 1.82) is 0 Å². The Hall–Kier alpha value is -0.910. The average molecular weight is 296 g/mol. The fraction of sp³-hybridized carbons (Fsp3) is 0.600. The number of nitrogens with zero attached hydrogens (tertiary/aromatic N) is 1. The number of rotatable bonds is 5. The molecule has 5 heteroatoms. The summed E-state index contributed by atoms with van der Waals surface area (Å²) in [6, 6.07) is 8.68. The highest BCUT2D eigenvalue weighted by atomic mass is 32.2. The molecule has 0 spiro atoms. The first-order valence-electron chi connectivity index (χ1n) is 7.15. The van der Waals surface area contributed by atoms with Gasteiger partial charge < -0.3 is 0 Å². The molecule has 4 nitrogen and oxygen atoms in total. The van der Waals surface area contributed by atoms with Crippen LogP contribution in [0.4, 0.5) is 0 Å². The molecule has 0 amide bonds. The highest BCUT2D eigenvalue weighted by Crippen LogP contribution is 2.18. The summed E-state index contributed by atoms with van der Waals surface area (Å²) < 4.78 is 24.8. The normalized spacial score (nSPS) is 18.3. The average Bonchev–Trinajstić information content (AvgIpc) is 2.40. The number of benzene rings is 1. The molecule has 0 bridgehead atoms. The second-order valence-corrected chi connectivity index (χ2v) is 7.66. The van der Waals surface area contributed by atoms with E-state index in [1.807, 2.05) is 0 Å². The van der Waals surface area contributed by atoms with Crippen LogP contribution >= 0.6 is 0 Å². The van der Waals surface area contributed by atoms with Crippen molar-refractivity contribution < 1.29 is 8.42 Å². The molecular weight excluding hydrogens is 272 g/mol. The molecule has 1 N–H and O–H groups in total. The molecule has 1 aliphatic rings. The maximum Gasteiger partial charge on any atom is 0.208 e. The van der Waals surface area contributed by atoms with Crippen LogP contribution in [-0.2, 0) is 16.6 Å². The van der Waals surface area contributed by atoms with Crippen LogP contribution in [0, 0.1) is 12.8 Å². The van der Waals surface area contributed by atoms with Gasteiger partial charge in [-0.2, -0.15) is 0 Å². The minimum Gasteiger partial charge on any atom is -0.299 e. The van der Waals surface area contributed by atoms with Crippen LogP contribution in [0.1, 0.15) is 24.0 Å². The summed E-state index contributed by atoms with van der Waals surface area (Å²) >= 11 is 0. The fourth-order valence-electron chi connectivity index (χ4n) is 2.57. The van der Waals surface area contributed by atoms with E-state index in [1.54, 1.807) is 0 Å². The molecule has 1 heterocycles. The molecule has 20 heavy (non-hydrogen) atoms. The number of aryl methyl sites for hydroxylation is 1. The van der Waals surface area contributed by atoms with Crippen LogP contribution in [0.25, 0.3) is 0 Å². The van der Waals surface area contributed by atoms with E-state index in [2.05, 4.69) is 40.8 Å². The van der Waals surface area contributed by atoms with Gasteiger partial charge in [-0.3, -0.25) is 4.90 Å². The summed E-state index contributed by atoms with van der Waals surface area (Å²) in [5.41, 5.74) is 2.64. The lowest BCUT2D eigenvalue weighted by molar-refractivity contribution is 0.178. The van der Waals surface area contributed by atoms with Gasteiger partial charge in [0.1, 0.15) is 0 Å². The lowest BCUT2D eigenvalue weighted by atomic mass is 9.97. The Balaban J connectivity index is 1.75. The van der Waals surface area contributed by atoms with Crippen LogP contribution in [0.15, 0.2) is 24.3 Å². The third-order valence-corrected chi connectivity index (χ3v) is 4.56. The molecule has 0 aliphatic carbocycles. The highest BCUT2D eigenvalue weighted by molar-refractivity contribution is 7.88. The van der Waals surface area contributed by atoms with E-state index in [4.69, 9.17) is 0 Å². The smallest absolute Gasteiger partial charge is 0.208 e. The Morgan fingerprint density at radius 2 is 1.80 bits per heavy atom. The van der Waals surface area contributed by atoms with E-state index >= 15 is 0 Å². The summed E-state index contributed by atoms with van der Waals surface area (Å²) in [4.78, 5) is 2.45. The minimum atomic E-state index is -3.05. The lowest BCUT2D eigenvalue weighted by Crippen LogP contribution is -2.38. The van der Waals surface area contributed by atoms with Crippen LogP contribution in [0.2, 0.25) is 0 Å².